The molecular weight excluding hydrogens is 308 g/mol. The number of rotatable bonds is 3. The van der Waals surface area contributed by atoms with E-state index in [9.17, 15) is 14.7 Å². The minimum atomic E-state index is -0.951. The molecule has 0 aliphatic carbocycles. The van der Waals surface area contributed by atoms with Gasteiger partial charge in [-0.05, 0) is 12.1 Å². The van der Waals surface area contributed by atoms with Crippen molar-refractivity contribution in [2.24, 2.45) is 11.8 Å². The molecule has 3 heterocycles. The molecular formula is C18H20N2O4. The zero-order chi connectivity index (χ0) is 16.7. The Kier molecular flexibility index (Phi) is 3.76. The smallest absolute Gasteiger partial charge is 0.310 e. The third kappa shape index (κ3) is 2.47. The van der Waals surface area contributed by atoms with E-state index in [1.165, 1.54) is 0 Å². The van der Waals surface area contributed by atoms with Gasteiger partial charge in [0.15, 0.2) is 0 Å². The van der Waals surface area contributed by atoms with Crippen LogP contribution in [-0.4, -0.2) is 60.3 Å². The molecule has 2 fully saturated rings. The van der Waals surface area contributed by atoms with Crippen molar-refractivity contribution in [1.82, 2.24) is 4.90 Å². The van der Waals surface area contributed by atoms with E-state index in [0.29, 0.717) is 13.1 Å². The number of nitrogens with zero attached hydrogens (tertiary/aromatic N) is 2. The molecule has 0 unspecified atom stereocenters. The number of carbonyl (C=O) groups excluding carboxylic acids is 1. The summed E-state index contributed by atoms with van der Waals surface area (Å²) in [4.78, 5) is 28.4. The van der Waals surface area contributed by atoms with Crippen LogP contribution in [0, 0.1) is 11.8 Å². The van der Waals surface area contributed by atoms with Crippen LogP contribution in [0.4, 0.5) is 5.69 Å². The predicted octanol–water partition coefficient (Wildman–Crippen LogP) is 0.989. The molecule has 0 radical (unpaired) electrons. The summed E-state index contributed by atoms with van der Waals surface area (Å²) in [6.07, 6.45) is 2.73. The number of amides is 1. The van der Waals surface area contributed by atoms with Crippen molar-refractivity contribution in [3.63, 3.8) is 0 Å². The van der Waals surface area contributed by atoms with Crippen LogP contribution < -0.4 is 4.90 Å². The molecule has 4 atom stereocenters. The number of ether oxygens (including phenoxy) is 1. The second-order valence-electron chi connectivity index (χ2n) is 6.49. The number of hydrogen-bond acceptors (Lipinski definition) is 4. The van der Waals surface area contributed by atoms with Crippen LogP contribution in [0.2, 0.25) is 0 Å². The SMILES string of the molecule is O=C(O)[C@@H]1[C@H](C(=O)N2CCN(c3ccccc3)CC2)[C@@H]2C=C[C@@H]1O2. The third-order valence-electron chi connectivity index (χ3n) is 5.18. The molecule has 2 saturated heterocycles. The van der Waals surface area contributed by atoms with Crippen molar-refractivity contribution in [3.05, 3.63) is 42.5 Å². The van der Waals surface area contributed by atoms with E-state index >= 15 is 0 Å². The van der Waals surface area contributed by atoms with Gasteiger partial charge in [-0.1, -0.05) is 30.4 Å². The van der Waals surface area contributed by atoms with Crippen molar-refractivity contribution in [1.29, 1.82) is 0 Å². The summed E-state index contributed by atoms with van der Waals surface area (Å²) in [7, 11) is 0. The van der Waals surface area contributed by atoms with Gasteiger partial charge >= 0.3 is 5.97 Å². The Balaban J connectivity index is 1.43. The number of fused-ring (bicyclic) bond motifs is 2. The van der Waals surface area contributed by atoms with Gasteiger partial charge in [0.25, 0.3) is 0 Å². The second-order valence-corrected chi connectivity index (χ2v) is 6.49. The number of anilines is 1. The van der Waals surface area contributed by atoms with Crippen molar-refractivity contribution >= 4 is 17.6 Å². The molecule has 126 valence electrons. The molecule has 3 aliphatic heterocycles. The molecule has 0 aromatic heterocycles. The lowest BCUT2D eigenvalue weighted by Gasteiger charge is -2.38. The van der Waals surface area contributed by atoms with E-state index < -0.39 is 30.0 Å². The van der Waals surface area contributed by atoms with Gasteiger partial charge in [-0.3, -0.25) is 9.59 Å². The third-order valence-corrected chi connectivity index (χ3v) is 5.18. The first-order valence-electron chi connectivity index (χ1n) is 8.30. The van der Waals surface area contributed by atoms with Crippen LogP contribution in [0.3, 0.4) is 0 Å². The zero-order valence-electron chi connectivity index (χ0n) is 13.2. The van der Waals surface area contributed by atoms with E-state index in [4.69, 9.17) is 4.74 Å². The van der Waals surface area contributed by atoms with Gasteiger partial charge < -0.3 is 19.6 Å². The molecule has 1 N–H and O–H groups in total. The molecule has 2 bridgehead atoms. The quantitative estimate of drug-likeness (QED) is 0.838. The number of carboxylic acid groups (broad SMARTS) is 1. The summed E-state index contributed by atoms with van der Waals surface area (Å²) < 4.78 is 5.61. The highest BCUT2D eigenvalue weighted by molar-refractivity contribution is 5.87. The van der Waals surface area contributed by atoms with Crippen LogP contribution in [0.15, 0.2) is 42.5 Å². The molecule has 3 aliphatic rings. The van der Waals surface area contributed by atoms with Crippen molar-refractivity contribution in [2.45, 2.75) is 12.2 Å². The number of carboxylic acids is 1. The number of piperazine rings is 1. The summed E-state index contributed by atoms with van der Waals surface area (Å²) in [6.45, 7) is 2.73. The molecule has 0 spiro atoms. The highest BCUT2D eigenvalue weighted by atomic mass is 16.5. The Morgan fingerprint density at radius 1 is 0.958 bits per heavy atom. The van der Waals surface area contributed by atoms with Crippen molar-refractivity contribution in [2.75, 3.05) is 31.1 Å². The molecule has 6 heteroatoms. The topological polar surface area (TPSA) is 70.1 Å². The predicted molar refractivity (Wildman–Crippen MR) is 87.7 cm³/mol. The first-order valence-corrected chi connectivity index (χ1v) is 8.30. The van der Waals surface area contributed by atoms with Gasteiger partial charge in [-0.2, -0.15) is 0 Å². The summed E-state index contributed by atoms with van der Waals surface area (Å²) in [6, 6.07) is 10.1. The number of benzene rings is 1. The van der Waals surface area contributed by atoms with E-state index in [1.807, 2.05) is 24.3 Å². The summed E-state index contributed by atoms with van der Waals surface area (Å²) >= 11 is 0. The number of hydrogen-bond donors (Lipinski definition) is 1. The first-order chi connectivity index (χ1) is 11.6. The van der Waals surface area contributed by atoms with Gasteiger partial charge in [0.2, 0.25) is 5.91 Å². The number of carbonyl (C=O) groups is 2. The molecule has 1 amide bonds. The monoisotopic (exact) mass is 328 g/mol. The zero-order valence-corrected chi connectivity index (χ0v) is 13.2. The van der Waals surface area contributed by atoms with E-state index in [2.05, 4.69) is 17.0 Å². The Hall–Kier alpha value is -2.34. The van der Waals surface area contributed by atoms with Crippen LogP contribution in [0.1, 0.15) is 0 Å². The van der Waals surface area contributed by atoms with E-state index in [0.717, 1.165) is 18.8 Å². The lowest BCUT2D eigenvalue weighted by atomic mass is 9.82. The highest BCUT2D eigenvalue weighted by Crippen LogP contribution is 2.40. The maximum absolute atomic E-state index is 12.9. The maximum Gasteiger partial charge on any atom is 0.310 e. The van der Waals surface area contributed by atoms with Crippen LogP contribution in [-0.2, 0) is 14.3 Å². The first kappa shape index (κ1) is 15.2. The summed E-state index contributed by atoms with van der Waals surface area (Å²) in [5, 5.41) is 9.45. The average molecular weight is 328 g/mol. The van der Waals surface area contributed by atoms with Crippen molar-refractivity contribution < 1.29 is 19.4 Å². The van der Waals surface area contributed by atoms with Crippen molar-refractivity contribution in [3.8, 4) is 0 Å². The Morgan fingerprint density at radius 3 is 2.21 bits per heavy atom. The Morgan fingerprint density at radius 2 is 1.58 bits per heavy atom. The molecule has 4 rings (SSSR count). The molecule has 24 heavy (non-hydrogen) atoms. The standard InChI is InChI=1S/C18H20N2O4/c21-17(15-13-6-7-14(24-13)16(15)18(22)23)20-10-8-19(9-11-20)12-4-2-1-3-5-12/h1-7,13-16H,8-11H2,(H,22,23)/t13-,14-,15+,16-/m0/s1. The fourth-order valence-corrected chi connectivity index (χ4v) is 3.93. The fourth-order valence-electron chi connectivity index (χ4n) is 3.93. The van der Waals surface area contributed by atoms with Gasteiger partial charge in [-0.15, -0.1) is 0 Å². The highest BCUT2D eigenvalue weighted by Gasteiger charge is 2.54. The average Bonchev–Trinajstić information content (AvgIpc) is 3.23. The van der Waals surface area contributed by atoms with Crippen LogP contribution in [0.5, 0.6) is 0 Å². The van der Waals surface area contributed by atoms with E-state index in [1.54, 1.807) is 11.0 Å². The largest absolute Gasteiger partial charge is 0.481 e. The molecule has 1 aromatic carbocycles. The minimum absolute atomic E-state index is 0.0908. The van der Waals surface area contributed by atoms with Gasteiger partial charge in [0, 0.05) is 31.9 Å². The van der Waals surface area contributed by atoms with Gasteiger partial charge in [-0.25, -0.2) is 0 Å². The van der Waals surface area contributed by atoms with Crippen LogP contribution >= 0.6 is 0 Å². The molecule has 6 nitrogen and oxygen atoms in total. The Labute approximate surface area is 140 Å². The lowest BCUT2D eigenvalue weighted by molar-refractivity contribution is -0.149. The number of aliphatic carboxylic acids is 1. The van der Waals surface area contributed by atoms with E-state index in [-0.39, 0.29) is 5.91 Å². The minimum Gasteiger partial charge on any atom is -0.481 e. The second kappa shape index (κ2) is 5.94. The van der Waals surface area contributed by atoms with Gasteiger partial charge in [0.1, 0.15) is 5.92 Å². The molecule has 1 aromatic rings. The van der Waals surface area contributed by atoms with Crippen LogP contribution in [0.25, 0.3) is 0 Å². The Bertz CT molecular complexity index is 667. The number of para-hydroxylation sites is 1. The lowest BCUT2D eigenvalue weighted by Crippen LogP contribution is -2.53. The summed E-state index contributed by atoms with van der Waals surface area (Å²) in [5.41, 5.74) is 1.15. The fraction of sp³-hybridized carbons (Fsp3) is 0.444. The van der Waals surface area contributed by atoms with Gasteiger partial charge in [0.05, 0.1) is 18.1 Å². The summed E-state index contributed by atoms with van der Waals surface area (Å²) in [5.74, 6) is -2.40. The maximum atomic E-state index is 12.9. The normalized spacial score (nSPS) is 31.5. The molecule has 0 saturated carbocycles.